The van der Waals surface area contributed by atoms with E-state index in [0.29, 0.717) is 0 Å². The lowest BCUT2D eigenvalue weighted by Gasteiger charge is -2.08. The van der Waals surface area contributed by atoms with E-state index in [-0.39, 0.29) is 12.0 Å². The number of benzene rings is 1. The minimum Gasteiger partial charge on any atom is -0.394 e. The minimum absolute atomic E-state index is 0.0990. The molecule has 0 aliphatic heterocycles. The van der Waals surface area contributed by atoms with E-state index in [1.54, 1.807) is 6.92 Å². The molecule has 1 aromatic rings. The number of hydrogen-bond donors (Lipinski definition) is 1. The highest BCUT2D eigenvalue weighted by Gasteiger charge is 2.20. The molecule has 5 heteroatoms. The van der Waals surface area contributed by atoms with Crippen LogP contribution in [0.3, 0.4) is 0 Å². The Kier molecular flexibility index (Phi) is 2.71. The maximum absolute atomic E-state index is 13.1. The second kappa shape index (κ2) is 3.46. The fourth-order valence-electron chi connectivity index (χ4n) is 1.01. The van der Waals surface area contributed by atoms with E-state index in [1.165, 1.54) is 0 Å². The Hall–Kier alpha value is -0.900. The summed E-state index contributed by atoms with van der Waals surface area (Å²) in [5, 5.41) is -0.535. The van der Waals surface area contributed by atoms with Gasteiger partial charge in [-0.15, -0.1) is 0 Å². The Bertz CT molecular complexity index is 323. The number of rotatable bonds is 1. The maximum Gasteiger partial charge on any atom is 0.186 e. The molecule has 0 fully saturated rings. The second-order valence-electron chi connectivity index (χ2n) is 2.50. The van der Waals surface area contributed by atoms with Crippen molar-refractivity contribution in [1.29, 1.82) is 0 Å². The normalized spacial score (nSPS) is 10.5. The quantitative estimate of drug-likeness (QED) is 0.430. The molecular weight excluding hydrogens is 203 g/mol. The highest BCUT2D eigenvalue weighted by Crippen LogP contribution is 2.30. The van der Waals surface area contributed by atoms with Crippen molar-refractivity contribution in [2.75, 3.05) is 5.73 Å². The van der Waals surface area contributed by atoms with Crippen LogP contribution in [0.4, 0.5) is 18.9 Å². The molecule has 0 unspecified atom stereocenters. The Morgan fingerprint density at radius 3 is 2.15 bits per heavy atom. The standard InChI is InChI=1S/C8H7ClF3N/c1-2-3-4(9)6(11)7(12)8(13)5(3)10/h2,13H2,1H3. The third-order valence-electron chi connectivity index (χ3n) is 1.74. The summed E-state index contributed by atoms with van der Waals surface area (Å²) >= 11 is 5.37. The zero-order valence-corrected chi connectivity index (χ0v) is 7.55. The van der Waals surface area contributed by atoms with E-state index in [2.05, 4.69) is 0 Å². The first kappa shape index (κ1) is 10.2. The zero-order valence-electron chi connectivity index (χ0n) is 6.80. The van der Waals surface area contributed by atoms with E-state index in [9.17, 15) is 13.2 Å². The van der Waals surface area contributed by atoms with Gasteiger partial charge in [0, 0.05) is 5.56 Å². The van der Waals surface area contributed by atoms with Gasteiger partial charge in [0.1, 0.15) is 5.69 Å². The van der Waals surface area contributed by atoms with E-state index >= 15 is 0 Å². The Morgan fingerprint density at radius 1 is 1.15 bits per heavy atom. The number of halogens is 4. The van der Waals surface area contributed by atoms with Crippen LogP contribution in [-0.4, -0.2) is 0 Å². The summed E-state index contributed by atoms with van der Waals surface area (Å²) in [7, 11) is 0. The number of hydrogen-bond acceptors (Lipinski definition) is 1. The van der Waals surface area contributed by atoms with Crippen molar-refractivity contribution in [2.45, 2.75) is 13.3 Å². The lowest BCUT2D eigenvalue weighted by molar-refractivity contribution is 0.496. The van der Waals surface area contributed by atoms with Crippen molar-refractivity contribution in [3.05, 3.63) is 28.0 Å². The van der Waals surface area contributed by atoms with Gasteiger partial charge in [-0.25, -0.2) is 13.2 Å². The molecule has 0 radical (unpaired) electrons. The van der Waals surface area contributed by atoms with Crippen molar-refractivity contribution in [3.8, 4) is 0 Å². The van der Waals surface area contributed by atoms with Crippen LogP contribution in [-0.2, 0) is 6.42 Å². The average Bonchev–Trinajstić information content (AvgIpc) is 2.13. The van der Waals surface area contributed by atoms with Gasteiger partial charge in [0.25, 0.3) is 0 Å². The van der Waals surface area contributed by atoms with Crippen molar-refractivity contribution in [1.82, 2.24) is 0 Å². The van der Waals surface area contributed by atoms with Gasteiger partial charge in [-0.05, 0) is 6.42 Å². The average molecular weight is 210 g/mol. The summed E-state index contributed by atoms with van der Waals surface area (Å²) in [5.41, 5.74) is 4.06. The number of nitrogens with two attached hydrogens (primary N) is 1. The summed E-state index contributed by atoms with van der Waals surface area (Å²) in [6.07, 6.45) is 0.159. The first-order valence-electron chi connectivity index (χ1n) is 3.61. The third kappa shape index (κ3) is 1.46. The van der Waals surface area contributed by atoms with Gasteiger partial charge in [0.2, 0.25) is 0 Å². The fraction of sp³-hybridized carbons (Fsp3) is 0.250. The topological polar surface area (TPSA) is 26.0 Å². The van der Waals surface area contributed by atoms with E-state index < -0.39 is 28.2 Å². The largest absolute Gasteiger partial charge is 0.394 e. The summed E-state index contributed by atoms with van der Waals surface area (Å²) in [4.78, 5) is 0. The van der Waals surface area contributed by atoms with Crippen molar-refractivity contribution in [2.24, 2.45) is 0 Å². The number of nitrogen functional groups attached to an aromatic ring is 1. The van der Waals surface area contributed by atoms with Gasteiger partial charge in [-0.1, -0.05) is 18.5 Å². The molecule has 1 rings (SSSR count). The first-order valence-corrected chi connectivity index (χ1v) is 3.98. The summed E-state index contributed by atoms with van der Waals surface area (Å²) < 4.78 is 38.7. The molecule has 0 aliphatic carbocycles. The summed E-state index contributed by atoms with van der Waals surface area (Å²) in [6.45, 7) is 1.57. The molecule has 72 valence electrons. The fourth-order valence-corrected chi connectivity index (χ4v) is 1.31. The molecule has 1 aromatic carbocycles. The molecule has 0 amide bonds. The van der Waals surface area contributed by atoms with Gasteiger partial charge >= 0.3 is 0 Å². The van der Waals surface area contributed by atoms with E-state index in [4.69, 9.17) is 17.3 Å². The monoisotopic (exact) mass is 209 g/mol. The molecule has 0 spiro atoms. The van der Waals surface area contributed by atoms with Crippen molar-refractivity contribution >= 4 is 17.3 Å². The molecule has 0 aliphatic rings. The van der Waals surface area contributed by atoms with Gasteiger partial charge in [0.15, 0.2) is 17.5 Å². The molecule has 0 aromatic heterocycles. The molecule has 13 heavy (non-hydrogen) atoms. The first-order chi connectivity index (χ1) is 6.00. The van der Waals surface area contributed by atoms with Crippen LogP contribution in [0.2, 0.25) is 5.02 Å². The summed E-state index contributed by atoms with van der Waals surface area (Å²) in [5.74, 6) is -3.71. The lowest BCUT2D eigenvalue weighted by Crippen LogP contribution is -2.04. The molecule has 2 N–H and O–H groups in total. The third-order valence-corrected chi connectivity index (χ3v) is 2.14. The van der Waals surface area contributed by atoms with Crippen LogP contribution in [0.15, 0.2) is 0 Å². The van der Waals surface area contributed by atoms with Crippen molar-refractivity contribution in [3.63, 3.8) is 0 Å². The SMILES string of the molecule is CCc1c(F)c(N)c(F)c(F)c1Cl. The molecule has 0 saturated carbocycles. The Morgan fingerprint density at radius 2 is 1.69 bits per heavy atom. The molecule has 0 saturated heterocycles. The van der Waals surface area contributed by atoms with Gasteiger partial charge in [0.05, 0.1) is 5.02 Å². The van der Waals surface area contributed by atoms with E-state index in [0.717, 1.165) is 0 Å². The molecular formula is C8H7ClF3N. The highest BCUT2D eigenvalue weighted by molar-refractivity contribution is 6.31. The second-order valence-corrected chi connectivity index (χ2v) is 2.88. The van der Waals surface area contributed by atoms with Gasteiger partial charge in [-0.2, -0.15) is 0 Å². The van der Waals surface area contributed by atoms with Gasteiger partial charge < -0.3 is 5.73 Å². The smallest absolute Gasteiger partial charge is 0.186 e. The molecule has 0 atom stereocenters. The minimum atomic E-state index is -1.43. The Labute approximate surface area is 78.3 Å². The van der Waals surface area contributed by atoms with Crippen LogP contribution >= 0.6 is 11.6 Å². The van der Waals surface area contributed by atoms with Crippen LogP contribution in [0.1, 0.15) is 12.5 Å². The predicted octanol–water partition coefficient (Wildman–Crippen LogP) is 2.90. The molecule has 1 nitrogen and oxygen atoms in total. The predicted molar refractivity (Wildman–Crippen MR) is 45.1 cm³/mol. The number of anilines is 1. The highest BCUT2D eigenvalue weighted by atomic mass is 35.5. The van der Waals surface area contributed by atoms with Crippen molar-refractivity contribution < 1.29 is 13.2 Å². The van der Waals surface area contributed by atoms with Crippen LogP contribution in [0.5, 0.6) is 0 Å². The van der Waals surface area contributed by atoms with E-state index in [1.807, 2.05) is 0 Å². The van der Waals surface area contributed by atoms with Crippen LogP contribution in [0.25, 0.3) is 0 Å². The van der Waals surface area contributed by atoms with Crippen LogP contribution in [0, 0.1) is 17.5 Å². The molecule has 0 heterocycles. The Balaban J connectivity index is 3.56. The zero-order chi connectivity index (χ0) is 10.2. The molecule has 0 bridgehead atoms. The van der Waals surface area contributed by atoms with Crippen LogP contribution < -0.4 is 5.73 Å². The summed E-state index contributed by atoms with van der Waals surface area (Å²) in [6, 6.07) is 0. The maximum atomic E-state index is 13.1. The van der Waals surface area contributed by atoms with Gasteiger partial charge in [-0.3, -0.25) is 0 Å². The lowest BCUT2D eigenvalue weighted by atomic mass is 10.1.